The average molecular weight is 515 g/mol. The molecular weight excluding hydrogens is 468 g/mol. The van der Waals surface area contributed by atoms with Crippen LogP contribution >= 0.6 is 0 Å². The third kappa shape index (κ3) is 6.25. The molecule has 2 aromatic rings. The number of hydrogen-bond acceptors (Lipinski definition) is 5. The summed E-state index contributed by atoms with van der Waals surface area (Å²) in [5, 5.41) is 15.8. The minimum absolute atomic E-state index is 0.000415. The fourth-order valence-corrected chi connectivity index (χ4v) is 7.83. The Bertz CT molecular complexity index is 1090. The van der Waals surface area contributed by atoms with Gasteiger partial charge in [0.25, 0.3) is 0 Å². The normalized spacial score (nSPS) is 20.4. The maximum absolute atomic E-state index is 13.9. The highest BCUT2D eigenvalue weighted by Crippen LogP contribution is 2.50. The Morgan fingerprint density at radius 1 is 0.972 bits per heavy atom. The van der Waals surface area contributed by atoms with E-state index in [0.717, 1.165) is 62.0 Å². The van der Waals surface area contributed by atoms with Gasteiger partial charge in [-0.1, -0.05) is 65.0 Å². The summed E-state index contributed by atoms with van der Waals surface area (Å²) in [6.07, 6.45) is 6.58. The zero-order valence-corrected chi connectivity index (χ0v) is 23.7. The van der Waals surface area contributed by atoms with Crippen molar-refractivity contribution in [3.63, 3.8) is 0 Å². The van der Waals surface area contributed by atoms with E-state index in [4.69, 9.17) is 0 Å². The topological polar surface area (TPSA) is 69.6 Å². The lowest BCUT2D eigenvalue weighted by Crippen LogP contribution is -2.43. The highest BCUT2D eigenvalue weighted by Gasteiger charge is 2.49. The van der Waals surface area contributed by atoms with Crippen molar-refractivity contribution in [3.8, 4) is 0 Å². The lowest BCUT2D eigenvalue weighted by molar-refractivity contribution is 0.0127. The summed E-state index contributed by atoms with van der Waals surface area (Å²) in [6, 6.07) is 13.9. The molecule has 0 unspecified atom stereocenters. The number of benzene rings is 2. The van der Waals surface area contributed by atoms with E-state index < -0.39 is 27.3 Å². The zero-order valence-electron chi connectivity index (χ0n) is 22.9. The first kappa shape index (κ1) is 28.5. The lowest BCUT2D eigenvalue weighted by Gasteiger charge is -2.40. The van der Waals surface area contributed by atoms with Crippen LogP contribution in [0.25, 0.3) is 0 Å². The van der Waals surface area contributed by atoms with Crippen molar-refractivity contribution >= 4 is 21.2 Å². The fourth-order valence-electron chi connectivity index (χ4n) is 5.64. The second-order valence-electron chi connectivity index (χ2n) is 10.8. The summed E-state index contributed by atoms with van der Waals surface area (Å²) in [7, 11) is 0.338. The molecule has 200 valence electrons. The molecule has 2 aromatic carbocycles. The van der Waals surface area contributed by atoms with Gasteiger partial charge < -0.3 is 15.3 Å². The molecule has 3 rings (SSSR count). The monoisotopic (exact) mass is 514 g/mol. The Balaban J connectivity index is 2.24. The number of nitrogens with one attached hydrogen (secondary N) is 1. The number of aliphatic hydroxyl groups is 1. The largest absolute Gasteiger partial charge is 0.392 e. The van der Waals surface area contributed by atoms with Gasteiger partial charge in [0.15, 0.2) is 9.84 Å². The Kier molecular flexibility index (Phi) is 9.87. The van der Waals surface area contributed by atoms with Gasteiger partial charge in [0.1, 0.15) is 0 Å². The second kappa shape index (κ2) is 12.5. The number of aliphatic hydroxyl groups excluding tert-OH is 1. The predicted octanol–water partition coefficient (Wildman–Crippen LogP) is 6.61. The van der Waals surface area contributed by atoms with Crippen LogP contribution < -0.4 is 10.2 Å². The van der Waals surface area contributed by atoms with Gasteiger partial charge in [0.2, 0.25) is 0 Å². The van der Waals surface area contributed by atoms with Gasteiger partial charge in [0, 0.05) is 43.3 Å². The number of rotatable bonds is 12. The maximum atomic E-state index is 13.9. The minimum Gasteiger partial charge on any atom is -0.392 e. The third-order valence-electron chi connectivity index (χ3n) is 7.76. The smallest absolute Gasteiger partial charge is 0.179 e. The Morgan fingerprint density at radius 3 is 2.25 bits per heavy atom. The van der Waals surface area contributed by atoms with Crippen LogP contribution in [0, 0.1) is 5.41 Å². The molecule has 5 nitrogen and oxygen atoms in total. The van der Waals surface area contributed by atoms with Gasteiger partial charge in [-0.15, -0.1) is 0 Å². The quantitative estimate of drug-likeness (QED) is 0.312. The summed E-state index contributed by atoms with van der Waals surface area (Å²) in [4.78, 5) is 2.36. The molecule has 1 aliphatic rings. The van der Waals surface area contributed by atoms with E-state index in [1.54, 1.807) is 6.07 Å². The van der Waals surface area contributed by atoms with Crippen LogP contribution in [0.2, 0.25) is 0 Å². The number of anilines is 2. The van der Waals surface area contributed by atoms with Gasteiger partial charge in [-0.3, -0.25) is 0 Å². The van der Waals surface area contributed by atoms with Gasteiger partial charge >= 0.3 is 0 Å². The molecule has 0 radical (unpaired) electrons. The number of unbranched alkanes of at least 4 members (excludes halogenated alkanes) is 3. The maximum Gasteiger partial charge on any atom is 0.179 e. The van der Waals surface area contributed by atoms with Gasteiger partial charge in [-0.05, 0) is 60.7 Å². The molecule has 2 atom stereocenters. The highest BCUT2D eigenvalue weighted by molar-refractivity contribution is 7.91. The van der Waals surface area contributed by atoms with Crippen LogP contribution in [0.4, 0.5) is 11.4 Å². The number of nitrogens with zero attached hydrogens (tertiary/aromatic N) is 1. The number of sulfone groups is 1. The van der Waals surface area contributed by atoms with Crippen LogP contribution in [-0.4, -0.2) is 46.0 Å². The average Bonchev–Trinajstić information content (AvgIpc) is 2.92. The van der Waals surface area contributed by atoms with Crippen molar-refractivity contribution in [2.45, 2.75) is 89.1 Å². The van der Waals surface area contributed by atoms with Crippen LogP contribution in [-0.2, 0) is 9.84 Å². The molecule has 0 aliphatic carbocycles. The standard InChI is InChI=1S/C30H46N2O3S/c1-6-9-17-30(18-10-7-2)22-36(34,35)27-16-15-25(32(4)5)21-26(27)28(29(30)33)23-13-12-14-24(20-23)31-19-11-8-3/h12-16,20-21,28-29,31,33H,6-11,17-19,22H2,1-5H3/t28-,29-/m1/s1. The first-order valence-corrected chi connectivity index (χ1v) is 15.4. The molecule has 0 saturated heterocycles. The van der Waals surface area contributed by atoms with Crippen LogP contribution in [0.1, 0.15) is 89.2 Å². The van der Waals surface area contributed by atoms with E-state index in [1.165, 1.54) is 0 Å². The molecule has 1 heterocycles. The number of hydrogen-bond donors (Lipinski definition) is 2. The van der Waals surface area contributed by atoms with E-state index in [9.17, 15) is 13.5 Å². The summed E-state index contributed by atoms with van der Waals surface area (Å²) < 4.78 is 27.9. The molecule has 0 bridgehead atoms. The van der Waals surface area contributed by atoms with E-state index in [2.05, 4.69) is 38.2 Å². The minimum atomic E-state index is -3.59. The fraction of sp³-hybridized carbons (Fsp3) is 0.600. The molecule has 36 heavy (non-hydrogen) atoms. The summed E-state index contributed by atoms with van der Waals surface area (Å²) in [5.41, 5.74) is 2.95. The van der Waals surface area contributed by atoms with Crippen molar-refractivity contribution < 1.29 is 13.5 Å². The molecule has 2 N–H and O–H groups in total. The van der Waals surface area contributed by atoms with Crippen molar-refractivity contribution in [1.29, 1.82) is 0 Å². The molecule has 0 aromatic heterocycles. The Labute approximate surface area is 219 Å². The summed E-state index contributed by atoms with van der Waals surface area (Å²) in [5.74, 6) is -0.417. The van der Waals surface area contributed by atoms with Crippen LogP contribution in [0.3, 0.4) is 0 Å². The molecule has 6 heteroatoms. The zero-order chi connectivity index (χ0) is 26.3. The molecule has 0 spiro atoms. The molecule has 0 amide bonds. The van der Waals surface area contributed by atoms with E-state index in [-0.39, 0.29) is 5.75 Å². The molecule has 0 saturated carbocycles. The SMILES string of the molecule is CCCCNc1cccc([C@@H]2c3cc(N(C)C)ccc3S(=O)(=O)CC(CCCC)(CCCC)[C@@H]2O)c1. The molecular formula is C30H46N2O3S. The second-order valence-corrected chi connectivity index (χ2v) is 12.7. The molecule has 0 fully saturated rings. The first-order chi connectivity index (χ1) is 17.2. The number of fused-ring (bicyclic) bond motifs is 1. The first-order valence-electron chi connectivity index (χ1n) is 13.7. The predicted molar refractivity (Wildman–Crippen MR) is 152 cm³/mol. The van der Waals surface area contributed by atoms with E-state index >= 15 is 0 Å². The summed E-state index contributed by atoms with van der Waals surface area (Å²) in [6.45, 7) is 7.32. The molecule has 1 aliphatic heterocycles. The van der Waals surface area contributed by atoms with Crippen LogP contribution in [0.5, 0.6) is 0 Å². The van der Waals surface area contributed by atoms with E-state index in [0.29, 0.717) is 23.3 Å². The lowest BCUT2D eigenvalue weighted by atomic mass is 9.68. The van der Waals surface area contributed by atoms with Gasteiger partial charge in [-0.2, -0.15) is 0 Å². The van der Waals surface area contributed by atoms with Gasteiger partial charge in [0.05, 0.1) is 16.8 Å². The van der Waals surface area contributed by atoms with Crippen molar-refractivity contribution in [2.24, 2.45) is 5.41 Å². The third-order valence-corrected chi connectivity index (χ3v) is 9.76. The Hall–Kier alpha value is -2.05. The van der Waals surface area contributed by atoms with E-state index in [1.807, 2.05) is 43.3 Å². The van der Waals surface area contributed by atoms with Crippen molar-refractivity contribution in [2.75, 3.05) is 36.6 Å². The highest BCUT2D eigenvalue weighted by atomic mass is 32.2. The van der Waals surface area contributed by atoms with Gasteiger partial charge in [-0.25, -0.2) is 8.42 Å². The van der Waals surface area contributed by atoms with Crippen molar-refractivity contribution in [3.05, 3.63) is 53.6 Å². The summed E-state index contributed by atoms with van der Waals surface area (Å²) >= 11 is 0. The van der Waals surface area contributed by atoms with Crippen molar-refractivity contribution in [1.82, 2.24) is 0 Å². The van der Waals surface area contributed by atoms with Crippen LogP contribution in [0.15, 0.2) is 47.4 Å². The Morgan fingerprint density at radius 2 is 1.64 bits per heavy atom.